The van der Waals surface area contributed by atoms with Crippen molar-refractivity contribution in [3.05, 3.63) is 77.1 Å². The highest BCUT2D eigenvalue weighted by Crippen LogP contribution is 2.19. The second-order valence-electron chi connectivity index (χ2n) is 7.18. The number of piperazine rings is 1. The van der Waals surface area contributed by atoms with Crippen LogP contribution in [0.15, 0.2) is 60.0 Å². The molecule has 0 saturated carbocycles. The lowest BCUT2D eigenvalue weighted by Gasteiger charge is -2.34. The van der Waals surface area contributed by atoms with E-state index in [2.05, 4.69) is 32.7 Å². The second kappa shape index (κ2) is 9.67. The van der Waals surface area contributed by atoms with Crippen molar-refractivity contribution in [2.75, 3.05) is 36.8 Å². The molecule has 7 nitrogen and oxygen atoms in total. The van der Waals surface area contributed by atoms with Crippen LogP contribution >= 0.6 is 11.3 Å². The molecule has 1 aliphatic heterocycles. The van der Waals surface area contributed by atoms with Crippen LogP contribution in [0.5, 0.6) is 0 Å². The molecule has 0 bridgehead atoms. The monoisotopic (exact) mass is 439 g/mol. The van der Waals surface area contributed by atoms with Crippen molar-refractivity contribution in [3.8, 4) is 0 Å². The van der Waals surface area contributed by atoms with Gasteiger partial charge in [-0.1, -0.05) is 30.3 Å². The van der Waals surface area contributed by atoms with E-state index in [0.29, 0.717) is 29.6 Å². The zero-order valence-corrected chi connectivity index (χ0v) is 17.6. The Kier molecular flexibility index (Phi) is 6.54. The summed E-state index contributed by atoms with van der Waals surface area (Å²) in [5.74, 6) is -0.516. The fraction of sp³-hybridized carbons (Fsp3) is 0.227. The molecule has 0 atom stereocenters. The highest BCUT2D eigenvalue weighted by molar-refractivity contribution is 7.14. The highest BCUT2D eigenvalue weighted by atomic mass is 32.1. The van der Waals surface area contributed by atoms with Crippen LogP contribution in [0.3, 0.4) is 0 Å². The van der Waals surface area contributed by atoms with Crippen LogP contribution < -0.4 is 10.6 Å². The van der Waals surface area contributed by atoms with E-state index in [-0.39, 0.29) is 11.7 Å². The summed E-state index contributed by atoms with van der Waals surface area (Å²) in [5.41, 5.74) is 2.04. The van der Waals surface area contributed by atoms with Crippen LogP contribution in [0.1, 0.15) is 16.1 Å². The van der Waals surface area contributed by atoms with Gasteiger partial charge in [-0.2, -0.15) is 0 Å². The number of urea groups is 1. The van der Waals surface area contributed by atoms with Gasteiger partial charge in [0, 0.05) is 43.8 Å². The number of amides is 3. The lowest BCUT2D eigenvalue weighted by Crippen LogP contribution is -2.48. The summed E-state index contributed by atoms with van der Waals surface area (Å²) in [7, 11) is 0. The lowest BCUT2D eigenvalue weighted by molar-refractivity contribution is 0.0623. The summed E-state index contributed by atoms with van der Waals surface area (Å²) >= 11 is 1.18. The van der Waals surface area contributed by atoms with Gasteiger partial charge in [0.25, 0.3) is 5.91 Å². The van der Waals surface area contributed by atoms with E-state index in [9.17, 15) is 14.0 Å². The van der Waals surface area contributed by atoms with Crippen LogP contribution in [-0.4, -0.2) is 52.9 Å². The molecule has 1 fully saturated rings. The average molecular weight is 440 g/mol. The Bertz CT molecular complexity index is 1030. The Morgan fingerprint density at radius 1 is 0.968 bits per heavy atom. The first kappa shape index (κ1) is 21.0. The number of halogens is 1. The summed E-state index contributed by atoms with van der Waals surface area (Å²) in [6, 6.07) is 15.2. The maximum Gasteiger partial charge on any atom is 0.325 e. The summed E-state index contributed by atoms with van der Waals surface area (Å²) in [6.07, 6.45) is 0. The molecule has 2 heterocycles. The maximum absolute atomic E-state index is 12.9. The van der Waals surface area contributed by atoms with Crippen molar-refractivity contribution in [1.82, 2.24) is 14.8 Å². The van der Waals surface area contributed by atoms with Gasteiger partial charge in [-0.3, -0.25) is 15.0 Å². The van der Waals surface area contributed by atoms with Gasteiger partial charge < -0.3 is 10.2 Å². The smallest absolute Gasteiger partial charge is 0.325 e. The van der Waals surface area contributed by atoms with Crippen molar-refractivity contribution < 1.29 is 14.0 Å². The largest absolute Gasteiger partial charge is 0.335 e. The third-order valence-corrected chi connectivity index (χ3v) is 5.71. The standard InChI is InChI=1S/C22H22FN5O2S/c23-17-6-8-18(9-7-17)24-21(30)26-22-25-19(15-31-22)20(29)28-12-10-27(11-13-28)14-16-4-2-1-3-5-16/h1-9,15H,10-14H2,(H2,24,25,26,30). The number of nitrogens with one attached hydrogen (secondary N) is 2. The van der Waals surface area contributed by atoms with Gasteiger partial charge in [0.15, 0.2) is 5.13 Å². The van der Waals surface area contributed by atoms with Gasteiger partial charge in [0.05, 0.1) is 0 Å². The van der Waals surface area contributed by atoms with Crippen LogP contribution in [0.25, 0.3) is 0 Å². The topological polar surface area (TPSA) is 77.6 Å². The number of anilines is 2. The fourth-order valence-corrected chi connectivity index (χ4v) is 4.01. The van der Waals surface area contributed by atoms with Gasteiger partial charge in [-0.15, -0.1) is 11.3 Å². The molecule has 3 amide bonds. The van der Waals surface area contributed by atoms with Crippen molar-refractivity contribution >= 4 is 34.1 Å². The predicted molar refractivity (Wildman–Crippen MR) is 119 cm³/mol. The molecular weight excluding hydrogens is 417 g/mol. The van der Waals surface area contributed by atoms with E-state index < -0.39 is 6.03 Å². The summed E-state index contributed by atoms with van der Waals surface area (Å²) < 4.78 is 12.9. The lowest BCUT2D eigenvalue weighted by atomic mass is 10.2. The summed E-state index contributed by atoms with van der Waals surface area (Å²) in [6.45, 7) is 3.75. The number of hydrogen-bond acceptors (Lipinski definition) is 5. The van der Waals surface area contributed by atoms with Crippen LogP contribution in [0.2, 0.25) is 0 Å². The van der Waals surface area contributed by atoms with E-state index in [0.717, 1.165) is 19.6 Å². The Labute approximate surface area is 183 Å². The number of carbonyl (C=O) groups excluding carboxylic acids is 2. The minimum Gasteiger partial charge on any atom is -0.335 e. The molecule has 2 aromatic carbocycles. The van der Waals surface area contributed by atoms with Gasteiger partial charge in [0.1, 0.15) is 11.5 Å². The van der Waals surface area contributed by atoms with Crippen molar-refractivity contribution in [1.29, 1.82) is 0 Å². The van der Waals surface area contributed by atoms with E-state index in [1.807, 2.05) is 18.2 Å². The molecular formula is C22H22FN5O2S. The Morgan fingerprint density at radius 3 is 2.39 bits per heavy atom. The van der Waals surface area contributed by atoms with Crippen LogP contribution in [0, 0.1) is 5.82 Å². The van der Waals surface area contributed by atoms with E-state index in [4.69, 9.17) is 0 Å². The Balaban J connectivity index is 1.27. The molecule has 2 N–H and O–H groups in total. The van der Waals surface area contributed by atoms with E-state index in [1.165, 1.54) is 41.2 Å². The number of rotatable bonds is 5. The zero-order valence-electron chi connectivity index (χ0n) is 16.8. The quantitative estimate of drug-likeness (QED) is 0.633. The molecule has 160 valence electrons. The first-order valence-corrected chi connectivity index (χ1v) is 10.8. The summed E-state index contributed by atoms with van der Waals surface area (Å²) in [4.78, 5) is 33.2. The van der Waals surface area contributed by atoms with Crippen molar-refractivity contribution in [2.45, 2.75) is 6.54 Å². The average Bonchev–Trinajstić information content (AvgIpc) is 3.24. The maximum atomic E-state index is 12.9. The van der Waals surface area contributed by atoms with Gasteiger partial charge >= 0.3 is 6.03 Å². The molecule has 0 aliphatic carbocycles. The third kappa shape index (κ3) is 5.65. The van der Waals surface area contributed by atoms with Crippen LogP contribution in [-0.2, 0) is 6.54 Å². The number of aromatic nitrogens is 1. The van der Waals surface area contributed by atoms with Crippen LogP contribution in [0.4, 0.5) is 20.0 Å². The summed E-state index contributed by atoms with van der Waals surface area (Å²) in [5, 5.41) is 7.17. The molecule has 0 radical (unpaired) electrons. The molecule has 31 heavy (non-hydrogen) atoms. The SMILES string of the molecule is O=C(Nc1ccc(F)cc1)Nc1nc(C(=O)N2CCN(Cc3ccccc3)CC2)cs1. The van der Waals surface area contributed by atoms with Crippen molar-refractivity contribution in [3.63, 3.8) is 0 Å². The van der Waals surface area contributed by atoms with Crippen molar-refractivity contribution in [2.24, 2.45) is 0 Å². The van der Waals surface area contributed by atoms with E-state index in [1.54, 1.807) is 10.3 Å². The predicted octanol–water partition coefficient (Wildman–Crippen LogP) is 3.88. The molecule has 0 spiro atoms. The molecule has 3 aromatic rings. The van der Waals surface area contributed by atoms with Gasteiger partial charge in [0.2, 0.25) is 0 Å². The number of benzene rings is 2. The van der Waals surface area contributed by atoms with Gasteiger partial charge in [-0.25, -0.2) is 14.2 Å². The number of hydrogen-bond donors (Lipinski definition) is 2. The van der Waals surface area contributed by atoms with E-state index >= 15 is 0 Å². The van der Waals surface area contributed by atoms with Gasteiger partial charge in [-0.05, 0) is 29.8 Å². The zero-order chi connectivity index (χ0) is 21.6. The molecule has 9 heteroatoms. The Hall–Kier alpha value is -3.30. The number of carbonyl (C=O) groups is 2. The molecule has 1 aromatic heterocycles. The highest BCUT2D eigenvalue weighted by Gasteiger charge is 2.24. The number of nitrogens with zero attached hydrogens (tertiary/aromatic N) is 3. The molecule has 1 saturated heterocycles. The minimum absolute atomic E-state index is 0.136. The first-order valence-electron chi connectivity index (χ1n) is 9.91. The normalized spacial score (nSPS) is 14.3. The third-order valence-electron chi connectivity index (χ3n) is 4.95. The first-order chi connectivity index (χ1) is 15.1. The Morgan fingerprint density at radius 2 is 1.68 bits per heavy atom. The number of thiazole rings is 1. The molecule has 1 aliphatic rings. The fourth-order valence-electron chi connectivity index (χ4n) is 3.33. The second-order valence-corrected chi connectivity index (χ2v) is 8.04. The molecule has 0 unspecified atom stereocenters. The molecule has 4 rings (SSSR count). The minimum atomic E-state index is -0.505.